The summed E-state index contributed by atoms with van der Waals surface area (Å²) in [5.41, 5.74) is 2.19. The van der Waals surface area contributed by atoms with Crippen LogP contribution in [-0.4, -0.2) is 55.1 Å². The minimum Gasteiger partial charge on any atom is -0.466 e. The van der Waals surface area contributed by atoms with E-state index in [2.05, 4.69) is 9.99 Å². The molecule has 1 aromatic carbocycles. The molecule has 3 heterocycles. The van der Waals surface area contributed by atoms with Crippen LogP contribution in [0.1, 0.15) is 25.3 Å². The third-order valence-electron chi connectivity index (χ3n) is 5.90. The monoisotopic (exact) mass is 456 g/mol. The number of fused-ring (bicyclic) bond motifs is 1. The largest absolute Gasteiger partial charge is 0.466 e. The van der Waals surface area contributed by atoms with Crippen molar-refractivity contribution in [3.05, 3.63) is 54.4 Å². The van der Waals surface area contributed by atoms with E-state index in [0.717, 1.165) is 36.0 Å². The van der Waals surface area contributed by atoms with E-state index >= 15 is 0 Å². The summed E-state index contributed by atoms with van der Waals surface area (Å²) in [6.45, 7) is 5.46. The highest BCUT2D eigenvalue weighted by Crippen LogP contribution is 2.30. The Kier molecular flexibility index (Phi) is 6.21. The zero-order chi connectivity index (χ0) is 22.9. The van der Waals surface area contributed by atoms with Crippen LogP contribution in [-0.2, 0) is 19.6 Å². The minimum absolute atomic E-state index is 0.166. The van der Waals surface area contributed by atoms with Gasteiger partial charge in [0.1, 0.15) is 0 Å². The van der Waals surface area contributed by atoms with Crippen molar-refractivity contribution < 1.29 is 17.9 Å². The first-order valence-electron chi connectivity index (χ1n) is 10.8. The maximum atomic E-state index is 13.2. The van der Waals surface area contributed by atoms with Gasteiger partial charge in [0, 0.05) is 37.9 Å². The Hall–Kier alpha value is -2.91. The van der Waals surface area contributed by atoms with Crippen LogP contribution in [0.2, 0.25) is 0 Å². The molecule has 1 aliphatic heterocycles. The molecule has 170 valence electrons. The molecule has 8 nitrogen and oxygen atoms in total. The number of pyridine rings is 1. The van der Waals surface area contributed by atoms with E-state index in [9.17, 15) is 13.2 Å². The van der Waals surface area contributed by atoms with Crippen LogP contribution in [0.4, 0.5) is 5.69 Å². The molecule has 0 amide bonds. The third-order valence-corrected chi connectivity index (χ3v) is 7.58. The Morgan fingerprint density at radius 2 is 1.97 bits per heavy atom. The lowest BCUT2D eigenvalue weighted by Gasteiger charge is -2.39. The quantitative estimate of drug-likeness (QED) is 0.527. The van der Waals surface area contributed by atoms with Crippen LogP contribution in [0.25, 0.3) is 11.0 Å². The number of rotatable bonds is 6. The van der Waals surface area contributed by atoms with Crippen molar-refractivity contribution in [1.82, 2.24) is 14.0 Å². The minimum atomic E-state index is -3.77. The van der Waals surface area contributed by atoms with Gasteiger partial charge in [0.05, 0.1) is 23.1 Å². The molecular formula is C23H28N4O4S. The topological polar surface area (TPSA) is 84.7 Å². The molecule has 9 heteroatoms. The molecule has 1 saturated heterocycles. The molecule has 2 aromatic heterocycles. The highest BCUT2D eigenvalue weighted by Gasteiger charge is 2.30. The zero-order valence-electron chi connectivity index (χ0n) is 18.6. The van der Waals surface area contributed by atoms with Crippen LogP contribution in [0.3, 0.4) is 0 Å². The molecule has 0 N–H and O–H groups in total. The number of carbonyl (C=O) groups is 1. The number of carbonyl (C=O) groups excluding carboxylic acids is 1. The van der Waals surface area contributed by atoms with Gasteiger partial charge in [0.25, 0.3) is 10.0 Å². The summed E-state index contributed by atoms with van der Waals surface area (Å²) in [5.74, 6) is -0.337. The average molecular weight is 457 g/mol. The molecule has 4 rings (SSSR count). The summed E-state index contributed by atoms with van der Waals surface area (Å²) < 4.78 is 32.9. The SMILES string of the molecule is CCOC(=O)C1CCCN(N(C)c2ccnc3c2ccn3S(=O)(=O)c2ccc(C)cc2)C1. The van der Waals surface area contributed by atoms with Crippen LogP contribution in [0, 0.1) is 12.8 Å². The second kappa shape index (κ2) is 8.91. The standard InChI is InChI=1S/C23H28N4O4S/c1-4-31-23(28)18-6-5-14-26(16-18)25(3)21-11-13-24-22-20(21)12-15-27(22)32(29,30)19-9-7-17(2)8-10-19/h7-13,15,18H,4-6,14,16H2,1-3H3. The summed E-state index contributed by atoms with van der Waals surface area (Å²) in [6.07, 6.45) is 4.84. The Morgan fingerprint density at radius 1 is 1.22 bits per heavy atom. The number of benzene rings is 1. The van der Waals surface area contributed by atoms with Crippen LogP contribution in [0.15, 0.2) is 53.7 Å². The van der Waals surface area contributed by atoms with Crippen molar-refractivity contribution in [2.45, 2.75) is 31.6 Å². The fourth-order valence-electron chi connectivity index (χ4n) is 4.14. The number of aryl methyl sites for hydroxylation is 1. The highest BCUT2D eigenvalue weighted by atomic mass is 32.2. The Labute approximate surface area is 188 Å². The normalized spacial score (nSPS) is 17.4. The van der Waals surface area contributed by atoms with Gasteiger partial charge < -0.3 is 9.75 Å². The number of hydrogen-bond donors (Lipinski definition) is 0. The predicted molar refractivity (Wildman–Crippen MR) is 123 cm³/mol. The maximum Gasteiger partial charge on any atom is 0.310 e. The summed E-state index contributed by atoms with van der Waals surface area (Å²) in [4.78, 5) is 16.8. The van der Waals surface area contributed by atoms with E-state index < -0.39 is 10.0 Å². The first-order valence-corrected chi connectivity index (χ1v) is 12.2. The van der Waals surface area contributed by atoms with Gasteiger partial charge in [-0.25, -0.2) is 22.4 Å². The van der Waals surface area contributed by atoms with E-state index in [1.54, 1.807) is 42.7 Å². The molecule has 0 radical (unpaired) electrons. The first kappa shape index (κ1) is 22.3. The van der Waals surface area contributed by atoms with Gasteiger partial charge in [-0.1, -0.05) is 17.7 Å². The number of piperidine rings is 1. The number of esters is 1. The Balaban J connectivity index is 1.66. The van der Waals surface area contributed by atoms with Crippen molar-refractivity contribution in [3.63, 3.8) is 0 Å². The number of ether oxygens (including phenoxy) is 1. The maximum absolute atomic E-state index is 13.2. The summed E-state index contributed by atoms with van der Waals surface area (Å²) in [6, 6.07) is 10.4. The molecule has 1 atom stereocenters. The van der Waals surface area contributed by atoms with Crippen molar-refractivity contribution in [2.24, 2.45) is 5.92 Å². The number of anilines is 1. The van der Waals surface area contributed by atoms with Gasteiger partial charge >= 0.3 is 5.97 Å². The first-order chi connectivity index (χ1) is 15.3. The third kappa shape index (κ3) is 4.10. The van der Waals surface area contributed by atoms with Crippen molar-refractivity contribution in [3.8, 4) is 0 Å². The number of hydrazine groups is 1. The van der Waals surface area contributed by atoms with E-state index in [1.807, 2.05) is 32.0 Å². The summed E-state index contributed by atoms with van der Waals surface area (Å²) in [7, 11) is -1.85. The molecule has 0 bridgehead atoms. The Bertz CT molecular complexity index is 1220. The zero-order valence-corrected chi connectivity index (χ0v) is 19.4. The van der Waals surface area contributed by atoms with E-state index in [4.69, 9.17) is 4.74 Å². The molecule has 1 unspecified atom stereocenters. The van der Waals surface area contributed by atoms with Crippen LogP contribution in [0.5, 0.6) is 0 Å². The molecule has 0 aliphatic carbocycles. The number of aromatic nitrogens is 2. The van der Waals surface area contributed by atoms with Gasteiger partial charge in [0.15, 0.2) is 5.65 Å². The molecule has 1 fully saturated rings. The second-order valence-corrected chi connectivity index (χ2v) is 9.84. The molecule has 1 aliphatic rings. The lowest BCUT2D eigenvalue weighted by molar-refractivity contribution is -0.150. The molecule has 32 heavy (non-hydrogen) atoms. The summed E-state index contributed by atoms with van der Waals surface area (Å²) in [5, 5.41) is 4.81. The van der Waals surface area contributed by atoms with Gasteiger partial charge in [-0.05, 0) is 51.0 Å². The van der Waals surface area contributed by atoms with Crippen molar-refractivity contribution in [1.29, 1.82) is 0 Å². The number of nitrogens with zero attached hydrogens (tertiary/aromatic N) is 4. The van der Waals surface area contributed by atoms with Gasteiger partial charge in [0.2, 0.25) is 0 Å². The van der Waals surface area contributed by atoms with Crippen LogP contribution >= 0.6 is 0 Å². The predicted octanol–water partition coefficient (Wildman–Crippen LogP) is 3.21. The second-order valence-electron chi connectivity index (χ2n) is 8.02. The fraction of sp³-hybridized carbons (Fsp3) is 0.391. The lowest BCUT2D eigenvalue weighted by Crippen LogP contribution is -2.48. The van der Waals surface area contributed by atoms with Crippen molar-refractivity contribution >= 4 is 32.7 Å². The highest BCUT2D eigenvalue weighted by molar-refractivity contribution is 7.90. The number of hydrogen-bond acceptors (Lipinski definition) is 7. The van der Waals surface area contributed by atoms with E-state index in [1.165, 1.54) is 3.97 Å². The van der Waals surface area contributed by atoms with Crippen LogP contribution < -0.4 is 5.01 Å². The van der Waals surface area contributed by atoms with Crippen molar-refractivity contribution in [2.75, 3.05) is 31.8 Å². The molecule has 3 aromatic rings. The molecule has 0 saturated carbocycles. The van der Waals surface area contributed by atoms with E-state index in [-0.39, 0.29) is 16.8 Å². The summed E-state index contributed by atoms with van der Waals surface area (Å²) >= 11 is 0. The molecule has 0 spiro atoms. The average Bonchev–Trinajstić information content (AvgIpc) is 3.24. The molecular weight excluding hydrogens is 428 g/mol. The van der Waals surface area contributed by atoms with E-state index in [0.29, 0.717) is 18.8 Å². The van der Waals surface area contributed by atoms with Gasteiger partial charge in [-0.3, -0.25) is 4.79 Å². The smallest absolute Gasteiger partial charge is 0.310 e. The van der Waals surface area contributed by atoms with Gasteiger partial charge in [-0.15, -0.1) is 0 Å². The lowest BCUT2D eigenvalue weighted by atomic mass is 9.99. The van der Waals surface area contributed by atoms with Gasteiger partial charge in [-0.2, -0.15) is 0 Å². The Morgan fingerprint density at radius 3 is 2.69 bits per heavy atom. The fourth-order valence-corrected chi connectivity index (χ4v) is 5.44.